The third-order valence-corrected chi connectivity index (χ3v) is 5.66. The van der Waals surface area contributed by atoms with Crippen LogP contribution in [0.25, 0.3) is 0 Å². The Balaban J connectivity index is 1.80. The normalized spacial score (nSPS) is 14.6. The Labute approximate surface area is 221 Å². The van der Waals surface area contributed by atoms with Gasteiger partial charge in [-0.15, -0.1) is 0 Å². The number of rotatable bonds is 8. The summed E-state index contributed by atoms with van der Waals surface area (Å²) in [6, 6.07) is 11.2. The van der Waals surface area contributed by atoms with Crippen molar-refractivity contribution in [1.82, 2.24) is 10.2 Å². The number of carbonyl (C=O) groups is 4. The van der Waals surface area contributed by atoms with Crippen LogP contribution in [0.4, 0.5) is 10.5 Å². The van der Waals surface area contributed by atoms with Crippen molar-refractivity contribution in [2.75, 3.05) is 32.7 Å². The molecule has 1 aliphatic heterocycles. The lowest BCUT2D eigenvalue weighted by Crippen LogP contribution is -2.53. The molecular weight excluding hydrogens is 494 g/mol. The first-order chi connectivity index (χ1) is 18.0. The number of amides is 3. The van der Waals surface area contributed by atoms with Crippen LogP contribution < -0.4 is 20.1 Å². The number of nitrogens with one attached hydrogen (secondary N) is 2. The van der Waals surface area contributed by atoms with Gasteiger partial charge in [-0.25, -0.2) is 9.59 Å². The van der Waals surface area contributed by atoms with Gasteiger partial charge in [0, 0.05) is 18.7 Å². The zero-order valence-electron chi connectivity index (χ0n) is 22.2. The Hall–Kier alpha value is -4.28. The molecule has 0 fully saturated rings. The van der Waals surface area contributed by atoms with E-state index in [9.17, 15) is 19.2 Å². The summed E-state index contributed by atoms with van der Waals surface area (Å²) in [7, 11) is 2.82. The number of anilines is 1. The van der Waals surface area contributed by atoms with Gasteiger partial charge in [-0.1, -0.05) is 6.07 Å². The molecule has 1 atom stereocenters. The molecule has 204 valence electrons. The first-order valence-electron chi connectivity index (χ1n) is 12.0. The zero-order valence-corrected chi connectivity index (χ0v) is 22.2. The van der Waals surface area contributed by atoms with E-state index in [1.165, 1.54) is 12.0 Å². The predicted molar refractivity (Wildman–Crippen MR) is 138 cm³/mol. The number of alkyl carbamates (subject to hydrolysis) is 1. The summed E-state index contributed by atoms with van der Waals surface area (Å²) >= 11 is 0. The number of methoxy groups -OCH3 is 2. The molecule has 11 heteroatoms. The SMILES string of the molecule is COC(=O)COc1ccc2c(c1)CN(C(=O)CNC(=O)OC(C)(C)C)[C@H](C(=O)Nc1ccc(OC)cc1)C2. The Morgan fingerprint density at radius 1 is 0.974 bits per heavy atom. The Bertz CT molecular complexity index is 1170. The minimum absolute atomic E-state index is 0.0975. The molecular formula is C27H33N3O8. The van der Waals surface area contributed by atoms with E-state index in [0.29, 0.717) is 17.2 Å². The monoisotopic (exact) mass is 527 g/mol. The zero-order chi connectivity index (χ0) is 27.9. The second-order valence-electron chi connectivity index (χ2n) is 9.61. The number of nitrogens with zero attached hydrogens (tertiary/aromatic N) is 1. The van der Waals surface area contributed by atoms with Gasteiger partial charge in [-0.3, -0.25) is 9.59 Å². The fourth-order valence-corrected chi connectivity index (χ4v) is 3.81. The second-order valence-corrected chi connectivity index (χ2v) is 9.61. The highest BCUT2D eigenvalue weighted by atomic mass is 16.6. The van der Waals surface area contributed by atoms with Crippen LogP contribution in [-0.4, -0.2) is 67.8 Å². The summed E-state index contributed by atoms with van der Waals surface area (Å²) in [5.74, 6) is -0.294. The summed E-state index contributed by atoms with van der Waals surface area (Å²) in [4.78, 5) is 51.5. The maximum Gasteiger partial charge on any atom is 0.408 e. The topological polar surface area (TPSA) is 132 Å². The molecule has 0 aliphatic carbocycles. The minimum atomic E-state index is -0.834. The molecule has 1 aliphatic rings. The summed E-state index contributed by atoms with van der Waals surface area (Å²) in [5.41, 5.74) is 1.44. The van der Waals surface area contributed by atoms with Crippen LogP contribution in [0.2, 0.25) is 0 Å². The average molecular weight is 528 g/mol. The fourth-order valence-electron chi connectivity index (χ4n) is 3.81. The van der Waals surface area contributed by atoms with Crippen LogP contribution in [0.5, 0.6) is 11.5 Å². The number of carbonyl (C=O) groups excluding carboxylic acids is 4. The highest BCUT2D eigenvalue weighted by molar-refractivity contribution is 5.98. The molecule has 0 aromatic heterocycles. The molecule has 0 unspecified atom stereocenters. The third-order valence-electron chi connectivity index (χ3n) is 5.66. The van der Waals surface area contributed by atoms with Crippen molar-refractivity contribution in [3.05, 3.63) is 53.6 Å². The standard InChI is InChI=1S/C27H33N3O8/c1-27(2,3)38-26(34)28-14-23(31)30-15-18-12-21(37-16-24(32)36-5)9-6-17(18)13-22(30)25(33)29-19-7-10-20(35-4)11-8-19/h6-12,22H,13-16H2,1-5H3,(H,28,34)(H,29,33)/t22-/m0/s1. The van der Waals surface area contributed by atoms with Crippen molar-refractivity contribution in [3.8, 4) is 11.5 Å². The second kappa shape index (κ2) is 12.3. The van der Waals surface area contributed by atoms with Gasteiger partial charge in [0.2, 0.25) is 11.8 Å². The smallest absolute Gasteiger partial charge is 0.408 e. The van der Waals surface area contributed by atoms with Crippen LogP contribution in [-0.2, 0) is 36.8 Å². The molecule has 11 nitrogen and oxygen atoms in total. The van der Waals surface area contributed by atoms with Crippen molar-refractivity contribution in [2.45, 2.75) is 45.4 Å². The van der Waals surface area contributed by atoms with E-state index < -0.39 is 29.6 Å². The van der Waals surface area contributed by atoms with E-state index >= 15 is 0 Å². The number of hydrogen-bond acceptors (Lipinski definition) is 8. The highest BCUT2D eigenvalue weighted by Crippen LogP contribution is 2.28. The Morgan fingerprint density at radius 2 is 1.66 bits per heavy atom. The molecule has 2 aromatic rings. The van der Waals surface area contributed by atoms with Crippen molar-refractivity contribution in [3.63, 3.8) is 0 Å². The van der Waals surface area contributed by atoms with Gasteiger partial charge in [0.25, 0.3) is 0 Å². The van der Waals surface area contributed by atoms with Crippen LogP contribution in [0.15, 0.2) is 42.5 Å². The number of ether oxygens (including phenoxy) is 4. The van der Waals surface area contributed by atoms with Crippen molar-refractivity contribution in [1.29, 1.82) is 0 Å². The van der Waals surface area contributed by atoms with Crippen molar-refractivity contribution < 1.29 is 38.1 Å². The molecule has 0 radical (unpaired) electrons. The molecule has 0 saturated carbocycles. The number of fused-ring (bicyclic) bond motifs is 1. The molecule has 3 rings (SSSR count). The van der Waals surface area contributed by atoms with Gasteiger partial charge >= 0.3 is 12.1 Å². The van der Waals surface area contributed by atoms with Gasteiger partial charge in [0.15, 0.2) is 6.61 Å². The first kappa shape index (κ1) is 28.3. The molecule has 0 bridgehead atoms. The maximum absolute atomic E-state index is 13.3. The number of benzene rings is 2. The third kappa shape index (κ3) is 7.86. The minimum Gasteiger partial charge on any atom is -0.497 e. The summed E-state index contributed by atoms with van der Waals surface area (Å²) in [6.45, 7) is 4.64. The van der Waals surface area contributed by atoms with E-state index in [4.69, 9.17) is 14.2 Å². The largest absolute Gasteiger partial charge is 0.497 e. The van der Waals surface area contributed by atoms with Gasteiger partial charge in [0.05, 0.1) is 14.2 Å². The molecule has 38 heavy (non-hydrogen) atoms. The van der Waals surface area contributed by atoms with Gasteiger partial charge in [0.1, 0.15) is 29.7 Å². The lowest BCUT2D eigenvalue weighted by Gasteiger charge is -2.36. The van der Waals surface area contributed by atoms with E-state index in [-0.39, 0.29) is 32.0 Å². The van der Waals surface area contributed by atoms with Crippen LogP contribution in [0.1, 0.15) is 31.9 Å². The predicted octanol–water partition coefficient (Wildman–Crippen LogP) is 2.66. The quantitative estimate of drug-likeness (QED) is 0.501. The summed E-state index contributed by atoms with van der Waals surface area (Å²) < 4.78 is 20.4. The van der Waals surface area contributed by atoms with Crippen molar-refractivity contribution >= 4 is 29.6 Å². The summed E-state index contributed by atoms with van der Waals surface area (Å²) in [5, 5.41) is 5.31. The number of esters is 1. The highest BCUT2D eigenvalue weighted by Gasteiger charge is 2.35. The first-order valence-corrected chi connectivity index (χ1v) is 12.0. The van der Waals surface area contributed by atoms with E-state index in [1.54, 1.807) is 70.3 Å². The van der Waals surface area contributed by atoms with Gasteiger partial charge in [-0.2, -0.15) is 0 Å². The molecule has 2 N–H and O–H groups in total. The lowest BCUT2D eigenvalue weighted by molar-refractivity contribution is -0.142. The van der Waals surface area contributed by atoms with Crippen LogP contribution >= 0.6 is 0 Å². The Kier molecular flexibility index (Phi) is 9.16. The van der Waals surface area contributed by atoms with Crippen molar-refractivity contribution in [2.24, 2.45) is 0 Å². The van der Waals surface area contributed by atoms with E-state index in [1.807, 2.05) is 0 Å². The van der Waals surface area contributed by atoms with Crippen LogP contribution in [0, 0.1) is 0 Å². The fraction of sp³-hybridized carbons (Fsp3) is 0.407. The average Bonchev–Trinajstić information content (AvgIpc) is 2.88. The molecule has 0 spiro atoms. The number of hydrogen-bond donors (Lipinski definition) is 2. The van der Waals surface area contributed by atoms with Gasteiger partial charge in [-0.05, 0) is 68.3 Å². The Morgan fingerprint density at radius 3 is 2.29 bits per heavy atom. The van der Waals surface area contributed by atoms with Gasteiger partial charge < -0.3 is 34.5 Å². The molecule has 2 aromatic carbocycles. The maximum atomic E-state index is 13.3. The molecule has 0 saturated heterocycles. The molecule has 1 heterocycles. The van der Waals surface area contributed by atoms with Crippen LogP contribution in [0.3, 0.4) is 0 Å². The van der Waals surface area contributed by atoms with E-state index in [2.05, 4.69) is 15.4 Å². The molecule has 3 amide bonds. The summed E-state index contributed by atoms with van der Waals surface area (Å²) in [6.07, 6.45) is -0.492. The van der Waals surface area contributed by atoms with E-state index in [0.717, 1.165) is 11.1 Å². The lowest BCUT2D eigenvalue weighted by atomic mass is 9.93.